The molecule has 13 heteroatoms. The van der Waals surface area contributed by atoms with Crippen molar-refractivity contribution >= 4 is 50.2 Å². The molecule has 41 heavy (non-hydrogen) atoms. The number of ketones is 1. The standard InChI is InChI=1S/C28H24BrFN8O3/c1-15(39)26-21-9-18(19-11-32-16(2)33-12-19)3-5-22(21)38(36-26)14-25(40)37-13-20(30)10-23(37)28(41)35-27-17(7-8-31)4-6-24(29)34-27/h3-6,9,11-12,20,23H,7,10,13-14H2,1-2H3,(H,34,35,41)/t20-,23+/m1/s1. The maximum absolute atomic E-state index is 14.6. The van der Waals surface area contributed by atoms with Gasteiger partial charge in [-0.25, -0.2) is 19.3 Å². The highest BCUT2D eigenvalue weighted by Crippen LogP contribution is 2.28. The number of Topliss-reactive ketones (excluding diaryl/α,β-unsaturated/α-hetero) is 1. The van der Waals surface area contributed by atoms with Crippen LogP contribution < -0.4 is 5.32 Å². The number of nitrogens with zero attached hydrogens (tertiary/aromatic N) is 7. The second-order valence-corrected chi connectivity index (χ2v) is 10.5. The van der Waals surface area contributed by atoms with E-state index in [0.717, 1.165) is 11.1 Å². The molecule has 0 unspecified atom stereocenters. The fourth-order valence-corrected chi connectivity index (χ4v) is 5.12. The quantitative estimate of drug-likeness (QED) is 0.243. The van der Waals surface area contributed by atoms with Crippen molar-refractivity contribution in [3.05, 3.63) is 64.4 Å². The molecule has 11 nitrogen and oxygen atoms in total. The van der Waals surface area contributed by atoms with Crippen molar-refractivity contribution in [3.8, 4) is 17.2 Å². The number of likely N-dealkylation sites (tertiary alicyclic amines) is 1. The summed E-state index contributed by atoms with van der Waals surface area (Å²) >= 11 is 3.25. The van der Waals surface area contributed by atoms with Gasteiger partial charge in [-0.1, -0.05) is 12.1 Å². The van der Waals surface area contributed by atoms with Gasteiger partial charge < -0.3 is 10.2 Å². The van der Waals surface area contributed by atoms with Crippen LogP contribution in [0.1, 0.15) is 35.2 Å². The zero-order valence-electron chi connectivity index (χ0n) is 22.1. The van der Waals surface area contributed by atoms with Crippen molar-refractivity contribution in [2.75, 3.05) is 11.9 Å². The van der Waals surface area contributed by atoms with Gasteiger partial charge in [-0.15, -0.1) is 0 Å². The summed E-state index contributed by atoms with van der Waals surface area (Å²) in [6.45, 7) is 2.61. The van der Waals surface area contributed by atoms with E-state index in [4.69, 9.17) is 5.26 Å². The zero-order valence-corrected chi connectivity index (χ0v) is 23.7. The molecule has 0 spiro atoms. The zero-order chi connectivity index (χ0) is 29.3. The number of aryl methyl sites for hydroxylation is 1. The Balaban J connectivity index is 1.41. The second-order valence-electron chi connectivity index (χ2n) is 9.67. The summed E-state index contributed by atoms with van der Waals surface area (Å²) in [4.78, 5) is 52.9. The third kappa shape index (κ3) is 5.83. The third-order valence-electron chi connectivity index (χ3n) is 6.81. The Labute approximate surface area is 242 Å². The Morgan fingerprint density at radius 2 is 1.93 bits per heavy atom. The molecule has 208 valence electrons. The SMILES string of the molecule is CC(=O)c1nn(CC(=O)N2C[C@H](F)C[C@H]2C(=O)Nc2nc(Br)ccc2CC#N)c2ccc(-c3cnc(C)nc3)cc12. The van der Waals surface area contributed by atoms with Crippen molar-refractivity contribution in [2.45, 2.75) is 45.4 Å². The summed E-state index contributed by atoms with van der Waals surface area (Å²) < 4.78 is 16.4. The van der Waals surface area contributed by atoms with Crippen LogP contribution in [0.25, 0.3) is 22.0 Å². The fourth-order valence-electron chi connectivity index (χ4n) is 4.81. The number of alkyl halides is 1. The molecule has 1 saturated heterocycles. The highest BCUT2D eigenvalue weighted by molar-refractivity contribution is 9.10. The maximum atomic E-state index is 14.6. The summed E-state index contributed by atoms with van der Waals surface area (Å²) in [6, 6.07) is 9.58. The Morgan fingerprint density at radius 3 is 2.63 bits per heavy atom. The summed E-state index contributed by atoms with van der Waals surface area (Å²) in [5.74, 6) is -0.621. The Morgan fingerprint density at radius 1 is 1.17 bits per heavy atom. The van der Waals surface area contributed by atoms with Gasteiger partial charge >= 0.3 is 0 Å². The molecular formula is C28H24BrFN8O3. The number of hydrogen-bond acceptors (Lipinski definition) is 8. The molecule has 1 fully saturated rings. The molecule has 1 aromatic carbocycles. The fraction of sp³-hybridized carbons (Fsp3) is 0.286. The van der Waals surface area contributed by atoms with Gasteiger partial charge in [0.15, 0.2) is 5.78 Å². The van der Waals surface area contributed by atoms with E-state index in [2.05, 4.69) is 41.3 Å². The summed E-state index contributed by atoms with van der Waals surface area (Å²) in [5.41, 5.74) is 2.75. The largest absolute Gasteiger partial charge is 0.326 e. The number of rotatable bonds is 7. The van der Waals surface area contributed by atoms with Crippen LogP contribution in [0.5, 0.6) is 0 Å². The summed E-state index contributed by atoms with van der Waals surface area (Å²) in [7, 11) is 0. The molecule has 3 aromatic heterocycles. The first kappa shape index (κ1) is 28.0. The highest BCUT2D eigenvalue weighted by Gasteiger charge is 2.40. The average molecular weight is 619 g/mol. The van der Waals surface area contributed by atoms with Gasteiger partial charge in [0.2, 0.25) is 11.8 Å². The van der Waals surface area contributed by atoms with E-state index in [-0.39, 0.29) is 43.2 Å². The molecule has 1 aliphatic heterocycles. The number of carbonyl (C=O) groups is 3. The molecule has 5 rings (SSSR count). The average Bonchev–Trinajstić information content (AvgIpc) is 3.51. The monoisotopic (exact) mass is 618 g/mol. The highest BCUT2D eigenvalue weighted by atomic mass is 79.9. The number of nitriles is 1. The van der Waals surface area contributed by atoms with Crippen LogP contribution in [-0.4, -0.2) is 66.0 Å². The normalized spacial score (nSPS) is 16.5. The van der Waals surface area contributed by atoms with E-state index in [1.54, 1.807) is 43.6 Å². The molecule has 1 N–H and O–H groups in total. The lowest BCUT2D eigenvalue weighted by molar-refractivity contribution is -0.137. The van der Waals surface area contributed by atoms with E-state index in [9.17, 15) is 18.8 Å². The topological polar surface area (TPSA) is 147 Å². The van der Waals surface area contributed by atoms with Gasteiger partial charge in [0.1, 0.15) is 40.7 Å². The Kier molecular flexibility index (Phi) is 7.85. The first-order chi connectivity index (χ1) is 19.6. The first-order valence-electron chi connectivity index (χ1n) is 12.7. The van der Waals surface area contributed by atoms with E-state index >= 15 is 0 Å². The van der Waals surface area contributed by atoms with Gasteiger partial charge in [-0.3, -0.25) is 19.1 Å². The van der Waals surface area contributed by atoms with Crippen LogP contribution in [0.15, 0.2) is 47.3 Å². The smallest absolute Gasteiger partial charge is 0.248 e. The molecule has 1 aliphatic rings. The van der Waals surface area contributed by atoms with E-state index in [1.807, 2.05) is 12.1 Å². The van der Waals surface area contributed by atoms with Crippen molar-refractivity contribution in [1.29, 1.82) is 5.26 Å². The number of fused-ring (bicyclic) bond motifs is 1. The summed E-state index contributed by atoms with van der Waals surface area (Å²) in [5, 5.41) is 16.7. The molecular weight excluding hydrogens is 595 g/mol. The number of amides is 2. The molecule has 0 bridgehead atoms. The first-order valence-corrected chi connectivity index (χ1v) is 13.5. The van der Waals surface area contributed by atoms with Crippen molar-refractivity contribution in [2.24, 2.45) is 0 Å². The van der Waals surface area contributed by atoms with E-state index < -0.39 is 24.0 Å². The number of nitrogens with one attached hydrogen (secondary N) is 1. The number of anilines is 1. The molecule has 2 atom stereocenters. The van der Waals surface area contributed by atoms with Crippen LogP contribution in [0.2, 0.25) is 0 Å². The number of hydrogen-bond donors (Lipinski definition) is 1. The number of pyridine rings is 1. The van der Waals surface area contributed by atoms with E-state index in [1.165, 1.54) is 16.5 Å². The van der Waals surface area contributed by atoms with Crippen LogP contribution in [0.3, 0.4) is 0 Å². The minimum Gasteiger partial charge on any atom is -0.326 e. The predicted octanol–water partition coefficient (Wildman–Crippen LogP) is 3.81. The molecule has 0 saturated carbocycles. The van der Waals surface area contributed by atoms with Gasteiger partial charge in [0, 0.05) is 42.3 Å². The third-order valence-corrected chi connectivity index (χ3v) is 7.25. The lowest BCUT2D eigenvalue weighted by Gasteiger charge is -2.24. The van der Waals surface area contributed by atoms with Gasteiger partial charge in [-0.05, 0) is 46.6 Å². The molecule has 0 radical (unpaired) electrons. The molecule has 2 amide bonds. The Hall–Kier alpha value is -4.57. The second kappa shape index (κ2) is 11.5. The Bertz CT molecular complexity index is 1720. The van der Waals surface area contributed by atoms with Crippen LogP contribution in [0, 0.1) is 18.3 Å². The van der Waals surface area contributed by atoms with E-state index in [0.29, 0.717) is 26.9 Å². The van der Waals surface area contributed by atoms with Crippen molar-refractivity contribution < 1.29 is 18.8 Å². The number of benzene rings is 1. The number of carbonyl (C=O) groups excluding carboxylic acids is 3. The lowest BCUT2D eigenvalue weighted by atomic mass is 10.0. The predicted molar refractivity (Wildman–Crippen MR) is 150 cm³/mol. The number of aromatic nitrogens is 5. The van der Waals surface area contributed by atoms with Crippen LogP contribution >= 0.6 is 15.9 Å². The summed E-state index contributed by atoms with van der Waals surface area (Å²) in [6.07, 6.45) is 1.80. The van der Waals surface area contributed by atoms with Crippen molar-refractivity contribution in [1.82, 2.24) is 29.6 Å². The lowest BCUT2D eigenvalue weighted by Crippen LogP contribution is -2.44. The minimum atomic E-state index is -1.40. The molecule has 4 heterocycles. The minimum absolute atomic E-state index is 0.0123. The van der Waals surface area contributed by atoms with Gasteiger partial charge in [0.05, 0.1) is 24.6 Å². The van der Waals surface area contributed by atoms with Crippen molar-refractivity contribution in [3.63, 3.8) is 0 Å². The number of halogens is 2. The van der Waals surface area contributed by atoms with Gasteiger partial charge in [-0.2, -0.15) is 10.4 Å². The molecule has 0 aliphatic carbocycles. The van der Waals surface area contributed by atoms with Gasteiger partial charge in [0.25, 0.3) is 0 Å². The van der Waals surface area contributed by atoms with Crippen LogP contribution in [0.4, 0.5) is 10.2 Å². The van der Waals surface area contributed by atoms with Crippen LogP contribution in [-0.2, 0) is 22.6 Å². The maximum Gasteiger partial charge on any atom is 0.248 e. The molecule has 4 aromatic rings.